The predicted octanol–water partition coefficient (Wildman–Crippen LogP) is 3.64. The van der Waals surface area contributed by atoms with Gasteiger partial charge in [-0.25, -0.2) is 9.29 Å². The van der Waals surface area contributed by atoms with Crippen LogP contribution in [-0.2, 0) is 15.7 Å². The summed E-state index contributed by atoms with van der Waals surface area (Å²) in [5, 5.41) is 9.94. The monoisotopic (exact) mass is 383 g/mol. The number of hydrogen-bond acceptors (Lipinski definition) is 4. The summed E-state index contributed by atoms with van der Waals surface area (Å²) in [6.07, 6.45) is -5.71. The third-order valence-corrected chi connectivity index (χ3v) is 5.05. The number of benzene rings is 2. The first-order valence-electron chi connectivity index (χ1n) is 8.39. The fourth-order valence-electron chi connectivity index (χ4n) is 3.59. The number of fused-ring (bicyclic) bond motifs is 1. The van der Waals surface area contributed by atoms with E-state index in [9.17, 15) is 22.7 Å². The molecule has 2 aliphatic heterocycles. The molecule has 2 saturated heterocycles. The van der Waals surface area contributed by atoms with Gasteiger partial charge in [-0.3, -0.25) is 0 Å². The highest BCUT2D eigenvalue weighted by Gasteiger charge is 2.56. The SMILES string of the molecule is OC[C@@]12CO[C@@H](c3ccc(F)cc3)N1[C@H](c1ccc(C(F)(F)F)cc1)OC2. The summed E-state index contributed by atoms with van der Waals surface area (Å²) in [4.78, 5) is 1.81. The van der Waals surface area contributed by atoms with E-state index in [0.29, 0.717) is 11.1 Å². The van der Waals surface area contributed by atoms with Gasteiger partial charge in [0.2, 0.25) is 0 Å². The number of halogens is 4. The number of aliphatic hydroxyl groups is 1. The summed E-state index contributed by atoms with van der Waals surface area (Å²) in [5.74, 6) is -0.387. The van der Waals surface area contributed by atoms with Crippen molar-refractivity contribution in [2.75, 3.05) is 19.8 Å². The molecule has 8 heteroatoms. The van der Waals surface area contributed by atoms with E-state index in [0.717, 1.165) is 12.1 Å². The zero-order chi connectivity index (χ0) is 19.2. The maximum absolute atomic E-state index is 13.2. The molecule has 2 heterocycles. The maximum atomic E-state index is 13.2. The zero-order valence-corrected chi connectivity index (χ0v) is 14.1. The highest BCUT2D eigenvalue weighted by atomic mass is 19.4. The minimum absolute atomic E-state index is 0.173. The van der Waals surface area contributed by atoms with Gasteiger partial charge in [-0.2, -0.15) is 13.2 Å². The summed E-state index contributed by atoms with van der Waals surface area (Å²) < 4.78 is 63.4. The molecule has 0 bridgehead atoms. The van der Waals surface area contributed by atoms with Crippen LogP contribution in [0.3, 0.4) is 0 Å². The van der Waals surface area contributed by atoms with E-state index in [1.165, 1.54) is 24.3 Å². The standard InChI is InChI=1S/C19H17F4NO3/c20-15-7-3-13(4-8-15)17-24-16(26-10-18(24,9-25)11-27-17)12-1-5-14(6-2-12)19(21,22)23/h1-8,16-17,25H,9-11H2/t16-,17-,18+/m0/s1. The lowest BCUT2D eigenvalue weighted by atomic mass is 10.0. The first kappa shape index (κ1) is 18.4. The highest BCUT2D eigenvalue weighted by molar-refractivity contribution is 5.29. The van der Waals surface area contributed by atoms with Crippen LogP contribution in [0.4, 0.5) is 17.6 Å². The van der Waals surface area contributed by atoms with Crippen LogP contribution < -0.4 is 0 Å². The van der Waals surface area contributed by atoms with Crippen molar-refractivity contribution in [2.45, 2.75) is 24.2 Å². The molecule has 0 amide bonds. The lowest BCUT2D eigenvalue weighted by Gasteiger charge is -2.33. The van der Waals surface area contributed by atoms with Crippen molar-refractivity contribution in [2.24, 2.45) is 0 Å². The van der Waals surface area contributed by atoms with Gasteiger partial charge in [0.05, 0.1) is 30.9 Å². The van der Waals surface area contributed by atoms with Gasteiger partial charge in [0, 0.05) is 0 Å². The van der Waals surface area contributed by atoms with Crippen molar-refractivity contribution in [3.63, 3.8) is 0 Å². The molecule has 0 spiro atoms. The molecular weight excluding hydrogens is 366 g/mol. The van der Waals surface area contributed by atoms with Crippen molar-refractivity contribution in [1.82, 2.24) is 4.90 Å². The second-order valence-corrected chi connectivity index (χ2v) is 6.79. The van der Waals surface area contributed by atoms with Gasteiger partial charge < -0.3 is 14.6 Å². The van der Waals surface area contributed by atoms with Crippen molar-refractivity contribution in [3.05, 3.63) is 71.0 Å². The first-order chi connectivity index (χ1) is 12.8. The minimum Gasteiger partial charge on any atom is -0.394 e. The van der Waals surface area contributed by atoms with Crippen LogP contribution in [0.15, 0.2) is 48.5 Å². The van der Waals surface area contributed by atoms with E-state index < -0.39 is 29.7 Å². The van der Waals surface area contributed by atoms with Crippen LogP contribution in [0, 0.1) is 5.82 Å². The van der Waals surface area contributed by atoms with Crippen molar-refractivity contribution in [3.8, 4) is 0 Å². The van der Waals surface area contributed by atoms with Crippen molar-refractivity contribution in [1.29, 1.82) is 0 Å². The number of aliphatic hydroxyl groups excluding tert-OH is 1. The Kier molecular flexibility index (Phi) is 4.46. The highest BCUT2D eigenvalue weighted by Crippen LogP contribution is 2.49. The normalized spacial score (nSPS) is 28.5. The zero-order valence-electron chi connectivity index (χ0n) is 14.1. The van der Waals surface area contributed by atoms with Crippen molar-refractivity contribution >= 4 is 0 Å². The van der Waals surface area contributed by atoms with E-state index in [2.05, 4.69) is 0 Å². The summed E-state index contributed by atoms with van der Waals surface area (Å²) in [6.45, 7) is 0.136. The Hall–Kier alpha value is -2.00. The Morgan fingerprint density at radius 3 is 1.85 bits per heavy atom. The molecule has 4 rings (SSSR count). The molecule has 2 aromatic rings. The summed E-state index contributed by atoms with van der Waals surface area (Å²) in [6, 6.07) is 10.5. The van der Waals surface area contributed by atoms with Crippen LogP contribution in [0.5, 0.6) is 0 Å². The molecule has 1 N–H and O–H groups in total. The van der Waals surface area contributed by atoms with Crippen LogP contribution in [0.1, 0.15) is 29.1 Å². The van der Waals surface area contributed by atoms with Crippen molar-refractivity contribution < 1.29 is 32.1 Å². The molecule has 0 aromatic heterocycles. The Balaban J connectivity index is 1.68. The molecule has 3 atom stereocenters. The summed E-state index contributed by atoms with van der Waals surface area (Å²) >= 11 is 0. The minimum atomic E-state index is -4.42. The molecule has 144 valence electrons. The fourth-order valence-corrected chi connectivity index (χ4v) is 3.59. The third kappa shape index (κ3) is 3.12. The van der Waals surface area contributed by atoms with Crippen LogP contribution in [0.25, 0.3) is 0 Å². The lowest BCUT2D eigenvalue weighted by molar-refractivity contribution is -0.137. The van der Waals surface area contributed by atoms with E-state index >= 15 is 0 Å². The van der Waals surface area contributed by atoms with E-state index in [4.69, 9.17) is 9.47 Å². The van der Waals surface area contributed by atoms with Gasteiger partial charge in [-0.05, 0) is 35.4 Å². The lowest BCUT2D eigenvalue weighted by Crippen LogP contribution is -2.47. The largest absolute Gasteiger partial charge is 0.416 e. The number of hydrogen-bond donors (Lipinski definition) is 1. The van der Waals surface area contributed by atoms with Gasteiger partial charge in [0.15, 0.2) is 0 Å². The van der Waals surface area contributed by atoms with Gasteiger partial charge in [-0.15, -0.1) is 0 Å². The smallest absolute Gasteiger partial charge is 0.394 e. The number of rotatable bonds is 3. The second kappa shape index (κ2) is 6.56. The Bertz CT molecular complexity index is 809. The topological polar surface area (TPSA) is 41.9 Å². The van der Waals surface area contributed by atoms with E-state index in [1.54, 1.807) is 12.1 Å². The molecule has 0 aliphatic carbocycles. The molecular formula is C19H17F4NO3. The average Bonchev–Trinajstić information content (AvgIpc) is 3.20. The third-order valence-electron chi connectivity index (χ3n) is 5.05. The van der Waals surface area contributed by atoms with E-state index in [-0.39, 0.29) is 25.6 Å². The van der Waals surface area contributed by atoms with Crippen LogP contribution in [-0.4, -0.2) is 35.4 Å². The molecule has 2 fully saturated rings. The molecule has 0 saturated carbocycles. The van der Waals surface area contributed by atoms with Crippen LogP contribution >= 0.6 is 0 Å². The van der Waals surface area contributed by atoms with Gasteiger partial charge in [0.1, 0.15) is 18.3 Å². The molecule has 2 aromatic carbocycles. The molecule has 27 heavy (non-hydrogen) atoms. The first-order valence-corrected chi connectivity index (χ1v) is 8.39. The van der Waals surface area contributed by atoms with E-state index in [1.807, 2.05) is 4.90 Å². The summed E-state index contributed by atoms with van der Waals surface area (Å²) in [5.41, 5.74) is -0.345. The second-order valence-electron chi connectivity index (χ2n) is 6.79. The van der Waals surface area contributed by atoms with Gasteiger partial charge in [-0.1, -0.05) is 24.3 Å². The molecule has 0 radical (unpaired) electrons. The number of alkyl halides is 3. The van der Waals surface area contributed by atoms with Gasteiger partial charge >= 0.3 is 6.18 Å². The number of nitrogens with zero attached hydrogens (tertiary/aromatic N) is 1. The molecule has 0 unspecified atom stereocenters. The predicted molar refractivity (Wildman–Crippen MR) is 86.9 cm³/mol. The number of ether oxygens (including phenoxy) is 2. The Morgan fingerprint density at radius 2 is 1.41 bits per heavy atom. The maximum Gasteiger partial charge on any atom is 0.416 e. The van der Waals surface area contributed by atoms with Gasteiger partial charge in [0.25, 0.3) is 0 Å². The quantitative estimate of drug-likeness (QED) is 0.822. The fraction of sp³-hybridized carbons (Fsp3) is 0.368. The molecule has 2 aliphatic rings. The van der Waals surface area contributed by atoms with Crippen LogP contribution in [0.2, 0.25) is 0 Å². The average molecular weight is 383 g/mol. The Labute approximate surface area is 152 Å². The molecule has 4 nitrogen and oxygen atoms in total. The summed E-state index contributed by atoms with van der Waals surface area (Å²) in [7, 11) is 0. The Morgan fingerprint density at radius 1 is 0.926 bits per heavy atom.